The Hall–Kier alpha value is -4.47. The number of fused-ring (bicyclic) bond motifs is 1. The molecule has 0 unspecified atom stereocenters. The van der Waals surface area contributed by atoms with Crippen LogP contribution >= 0.6 is 0 Å². The van der Waals surface area contributed by atoms with Gasteiger partial charge in [-0.25, -0.2) is 9.97 Å². The summed E-state index contributed by atoms with van der Waals surface area (Å²) in [6, 6.07) is 20.9. The fourth-order valence-corrected chi connectivity index (χ4v) is 4.46. The van der Waals surface area contributed by atoms with E-state index in [9.17, 15) is 9.90 Å². The van der Waals surface area contributed by atoms with Gasteiger partial charge in [-0.15, -0.1) is 0 Å². The summed E-state index contributed by atoms with van der Waals surface area (Å²) in [4.78, 5) is 22.8. The Morgan fingerprint density at radius 2 is 1.80 bits per heavy atom. The minimum atomic E-state index is -1.37. The molecule has 0 bridgehead atoms. The fourth-order valence-electron chi connectivity index (χ4n) is 4.46. The highest BCUT2D eigenvalue weighted by atomic mass is 16.5. The molecule has 0 saturated carbocycles. The molecule has 1 N–H and O–H groups in total. The van der Waals surface area contributed by atoms with Gasteiger partial charge in [-0.05, 0) is 42.3 Å². The third-order valence-electron chi connectivity index (χ3n) is 6.65. The monoisotopic (exact) mass is 539 g/mol. The molecule has 0 amide bonds. The van der Waals surface area contributed by atoms with Crippen molar-refractivity contribution in [2.24, 2.45) is 0 Å². The average Bonchev–Trinajstić information content (AvgIpc) is 2.99. The summed E-state index contributed by atoms with van der Waals surface area (Å²) in [6.07, 6.45) is 2.24. The van der Waals surface area contributed by atoms with Crippen molar-refractivity contribution in [2.45, 2.75) is 13.0 Å². The number of anilines is 2. The number of nitrogens with one attached hydrogen (secondary N) is 1. The largest absolute Gasteiger partial charge is 0.545 e. The normalized spacial score (nSPS) is 13.6. The number of aliphatic carboxylic acids is 1. The zero-order valence-corrected chi connectivity index (χ0v) is 22.2. The summed E-state index contributed by atoms with van der Waals surface area (Å²) in [6.45, 7) is 8.77. The smallest absolute Gasteiger partial charge is 0.141 e. The number of aromatic nitrogens is 2. The molecule has 9 heteroatoms. The van der Waals surface area contributed by atoms with Crippen LogP contribution in [0.4, 0.5) is 11.5 Å². The van der Waals surface area contributed by atoms with E-state index in [-0.39, 0.29) is 5.57 Å². The molecule has 1 aliphatic heterocycles. The summed E-state index contributed by atoms with van der Waals surface area (Å²) in [5, 5.41) is 15.7. The van der Waals surface area contributed by atoms with Crippen molar-refractivity contribution < 1.29 is 24.1 Å². The number of carboxylic acids is 1. The summed E-state index contributed by atoms with van der Waals surface area (Å²) in [5.74, 6) is 0.294. The van der Waals surface area contributed by atoms with Gasteiger partial charge in [0.05, 0.1) is 31.3 Å². The van der Waals surface area contributed by atoms with Gasteiger partial charge in [0.25, 0.3) is 0 Å². The number of carbonyl (C=O) groups excluding carboxylic acids is 1. The van der Waals surface area contributed by atoms with Crippen LogP contribution in [0.25, 0.3) is 16.5 Å². The second-order valence-electron chi connectivity index (χ2n) is 9.43. The van der Waals surface area contributed by atoms with Crippen molar-refractivity contribution in [1.29, 1.82) is 0 Å². The molecule has 5 rings (SSSR count). The molecule has 206 valence electrons. The van der Waals surface area contributed by atoms with Crippen molar-refractivity contribution in [3.05, 3.63) is 90.8 Å². The number of carbonyl (C=O) groups is 1. The van der Waals surface area contributed by atoms with Crippen molar-refractivity contribution in [3.63, 3.8) is 0 Å². The van der Waals surface area contributed by atoms with Crippen LogP contribution in [0.2, 0.25) is 0 Å². The Morgan fingerprint density at radius 1 is 1.02 bits per heavy atom. The Bertz CT molecular complexity index is 1450. The summed E-state index contributed by atoms with van der Waals surface area (Å²) in [5.41, 5.74) is 2.65. The van der Waals surface area contributed by atoms with Gasteiger partial charge in [0.1, 0.15) is 30.3 Å². The van der Waals surface area contributed by atoms with Gasteiger partial charge in [-0.2, -0.15) is 0 Å². The number of benzene rings is 3. The average molecular weight is 540 g/mol. The van der Waals surface area contributed by atoms with Crippen LogP contribution in [0, 0.1) is 0 Å². The number of nitrogens with zero attached hydrogens (tertiary/aromatic N) is 3. The molecule has 9 nitrogen and oxygen atoms in total. The predicted octanol–water partition coefficient (Wildman–Crippen LogP) is 3.82. The SMILES string of the molecule is C=C(C(=O)[O-])c1cc2c(Nc3ccc(OCc4ccccc4)cc3)ncnc2cc1OCCCN1CCOCC1. The molecule has 0 radical (unpaired) electrons. The highest BCUT2D eigenvalue weighted by Crippen LogP contribution is 2.33. The fraction of sp³-hybridized carbons (Fsp3) is 0.258. The Morgan fingerprint density at radius 3 is 2.55 bits per heavy atom. The van der Waals surface area contributed by atoms with Gasteiger partial charge < -0.3 is 29.4 Å². The number of hydrogen-bond acceptors (Lipinski definition) is 9. The number of rotatable bonds is 12. The van der Waals surface area contributed by atoms with Crippen LogP contribution in [0.15, 0.2) is 79.6 Å². The number of ether oxygens (including phenoxy) is 3. The first-order valence-corrected chi connectivity index (χ1v) is 13.2. The second kappa shape index (κ2) is 13.1. The zero-order valence-electron chi connectivity index (χ0n) is 22.2. The van der Waals surface area contributed by atoms with E-state index >= 15 is 0 Å². The zero-order chi connectivity index (χ0) is 27.7. The van der Waals surface area contributed by atoms with Crippen LogP contribution in [-0.4, -0.2) is 60.3 Å². The van der Waals surface area contributed by atoms with Gasteiger partial charge >= 0.3 is 0 Å². The van der Waals surface area contributed by atoms with E-state index in [4.69, 9.17) is 14.2 Å². The minimum Gasteiger partial charge on any atom is -0.545 e. The Labute approximate surface area is 233 Å². The first-order valence-electron chi connectivity index (χ1n) is 13.2. The maximum atomic E-state index is 11.7. The molecule has 0 aliphatic carbocycles. The molecule has 1 fully saturated rings. The molecule has 4 aromatic rings. The van der Waals surface area contributed by atoms with E-state index in [1.807, 2.05) is 54.6 Å². The van der Waals surface area contributed by atoms with Gasteiger partial charge in [0.2, 0.25) is 0 Å². The van der Waals surface area contributed by atoms with E-state index in [1.54, 1.807) is 12.1 Å². The van der Waals surface area contributed by atoms with Crippen LogP contribution in [-0.2, 0) is 16.1 Å². The third-order valence-corrected chi connectivity index (χ3v) is 6.65. The topological polar surface area (TPSA) is 109 Å². The summed E-state index contributed by atoms with van der Waals surface area (Å²) >= 11 is 0. The minimum absolute atomic E-state index is 0.167. The van der Waals surface area contributed by atoms with Gasteiger partial charge in [-0.3, -0.25) is 4.90 Å². The van der Waals surface area contributed by atoms with Crippen molar-refractivity contribution in [2.75, 3.05) is 44.8 Å². The molecule has 1 saturated heterocycles. The highest BCUT2D eigenvalue weighted by Gasteiger charge is 2.15. The quantitative estimate of drug-likeness (QED) is 0.212. The lowest BCUT2D eigenvalue weighted by Crippen LogP contribution is -2.37. The van der Waals surface area contributed by atoms with E-state index in [0.717, 1.165) is 56.3 Å². The lowest BCUT2D eigenvalue weighted by atomic mass is 10.0. The van der Waals surface area contributed by atoms with E-state index in [0.29, 0.717) is 41.2 Å². The maximum absolute atomic E-state index is 11.7. The molecule has 2 heterocycles. The Kier molecular flexibility index (Phi) is 8.85. The van der Waals surface area contributed by atoms with E-state index < -0.39 is 5.97 Å². The molecule has 40 heavy (non-hydrogen) atoms. The molecule has 1 aromatic heterocycles. The first-order chi connectivity index (χ1) is 19.6. The van der Waals surface area contributed by atoms with Gasteiger partial charge in [0, 0.05) is 47.9 Å². The van der Waals surface area contributed by atoms with Crippen LogP contribution in [0.3, 0.4) is 0 Å². The van der Waals surface area contributed by atoms with Crippen LogP contribution in [0.5, 0.6) is 11.5 Å². The number of carboxylic acid groups (broad SMARTS) is 1. The molecular formula is C31H31N4O5-. The van der Waals surface area contributed by atoms with E-state index in [1.165, 1.54) is 6.33 Å². The van der Waals surface area contributed by atoms with E-state index in [2.05, 4.69) is 26.8 Å². The maximum Gasteiger partial charge on any atom is 0.141 e. The van der Waals surface area contributed by atoms with Crippen LogP contribution in [0.1, 0.15) is 17.5 Å². The lowest BCUT2D eigenvalue weighted by molar-refractivity contribution is -0.295. The standard InChI is InChI=1S/C31H32N4O5/c1-22(31(36)37)26-18-27-28(19-29(26)39-15-5-12-35-13-16-38-17-14-35)32-21-33-30(27)34-24-8-10-25(11-9-24)40-20-23-6-3-2-4-7-23/h2-4,6-11,18-19,21H,1,5,12-17,20H2,(H,36,37)(H,32,33,34)/p-1. The number of morpholine rings is 1. The third kappa shape index (κ3) is 6.93. The predicted molar refractivity (Wildman–Crippen MR) is 151 cm³/mol. The first kappa shape index (κ1) is 27.1. The molecule has 3 aromatic carbocycles. The highest BCUT2D eigenvalue weighted by molar-refractivity contribution is 6.15. The Balaban J connectivity index is 1.30. The molecular weight excluding hydrogens is 508 g/mol. The summed E-state index contributed by atoms with van der Waals surface area (Å²) in [7, 11) is 0. The van der Waals surface area contributed by atoms with Crippen molar-refractivity contribution in [1.82, 2.24) is 14.9 Å². The van der Waals surface area contributed by atoms with Crippen LogP contribution < -0.4 is 19.9 Å². The molecule has 1 aliphatic rings. The van der Waals surface area contributed by atoms with Gasteiger partial charge in [-0.1, -0.05) is 36.9 Å². The molecule has 0 spiro atoms. The second-order valence-corrected chi connectivity index (χ2v) is 9.43. The van der Waals surface area contributed by atoms with Gasteiger partial charge in [0.15, 0.2) is 0 Å². The number of hydrogen-bond donors (Lipinski definition) is 1. The van der Waals surface area contributed by atoms with Crippen molar-refractivity contribution >= 4 is 34.0 Å². The molecule has 0 atom stereocenters. The summed E-state index contributed by atoms with van der Waals surface area (Å²) < 4.78 is 17.3. The lowest BCUT2D eigenvalue weighted by Gasteiger charge is -2.26. The van der Waals surface area contributed by atoms with Crippen molar-refractivity contribution in [3.8, 4) is 11.5 Å².